The number of nitrogens with zero attached hydrogens (tertiary/aromatic N) is 7. The average Bonchev–Trinajstić information content (AvgIpc) is 2.79. The molecule has 0 spiro atoms. The molecule has 0 rings (SSSR count). The standard InChI is InChI=1S/C64H117N11O12/c1-26-29-30-42(16)54(77)53(58(81)68-46(28-3)61(84)69(19)35-51(76)70(20)47(55(65)78)31-36(4)5)75(25)64(87)52(41(14)15)74(24)63(86)50(34-39(10)11)73(23)62(85)49(33-38(8)9)72(22)60(83)44(18)66-56(79)45(27-2)67-57(80)48(32-37(6)7)71(21)59(82)43(17)40(12)13/h26,29,36-50,52-54,77H,27-28,30-35H2,1-25H3,(H2,65,78)(H,66,79)(H,67,80)(H,68,81)/b29-26+/t42-,43-,44+,45?,46-,47+,48+,49+,50-,52+,53?,54+/m1/s1. The third-order valence-electron chi connectivity index (χ3n) is 16.6. The van der Waals surface area contributed by atoms with Crippen LogP contribution in [-0.2, 0) is 52.7 Å². The molecule has 0 aromatic heterocycles. The van der Waals surface area contributed by atoms with E-state index in [1.54, 1.807) is 60.7 Å². The van der Waals surface area contributed by atoms with Crippen LogP contribution in [0.2, 0.25) is 0 Å². The van der Waals surface area contributed by atoms with Crippen molar-refractivity contribution in [2.45, 2.75) is 230 Å². The van der Waals surface area contributed by atoms with E-state index in [0.29, 0.717) is 19.3 Å². The first-order valence-electron chi connectivity index (χ1n) is 31.4. The van der Waals surface area contributed by atoms with E-state index in [2.05, 4.69) is 16.0 Å². The van der Waals surface area contributed by atoms with Crippen molar-refractivity contribution in [1.29, 1.82) is 0 Å². The van der Waals surface area contributed by atoms with Crippen LogP contribution < -0.4 is 21.7 Å². The summed E-state index contributed by atoms with van der Waals surface area (Å²) in [5, 5.41) is 20.3. The summed E-state index contributed by atoms with van der Waals surface area (Å²) in [6, 6.07) is -10.4. The lowest BCUT2D eigenvalue weighted by Gasteiger charge is -2.41. The minimum Gasteiger partial charge on any atom is -0.390 e. The Bertz CT molecular complexity index is 2330. The van der Waals surface area contributed by atoms with E-state index in [1.807, 2.05) is 76.2 Å². The first kappa shape index (κ1) is 80.9. The van der Waals surface area contributed by atoms with E-state index in [4.69, 9.17) is 5.73 Å². The summed E-state index contributed by atoms with van der Waals surface area (Å²) in [6.07, 6.45) is 3.60. The molecular weight excluding hydrogens is 1110 g/mol. The number of hydrogen-bond donors (Lipinski definition) is 5. The number of likely N-dealkylation sites (N-methyl/N-ethyl adjacent to an activating group) is 7. The summed E-state index contributed by atoms with van der Waals surface area (Å²) < 4.78 is 0. The molecule has 0 bridgehead atoms. The Morgan fingerprint density at radius 3 is 1.29 bits per heavy atom. The predicted molar refractivity (Wildman–Crippen MR) is 339 cm³/mol. The zero-order chi connectivity index (χ0) is 68.0. The van der Waals surface area contributed by atoms with E-state index in [-0.39, 0.29) is 67.1 Å². The fourth-order valence-electron chi connectivity index (χ4n) is 10.6. The molecule has 0 fully saturated rings. The molecule has 0 aliphatic carbocycles. The fourth-order valence-corrected chi connectivity index (χ4v) is 10.6. The van der Waals surface area contributed by atoms with E-state index < -0.39 is 138 Å². The Morgan fingerprint density at radius 1 is 0.448 bits per heavy atom. The van der Waals surface area contributed by atoms with Gasteiger partial charge in [-0.15, -0.1) is 0 Å². The van der Waals surface area contributed by atoms with Gasteiger partial charge in [0.1, 0.15) is 54.4 Å². The van der Waals surface area contributed by atoms with Gasteiger partial charge in [-0.2, -0.15) is 0 Å². The van der Waals surface area contributed by atoms with Crippen LogP contribution in [0, 0.1) is 47.3 Å². The molecule has 2 unspecified atom stereocenters. The highest BCUT2D eigenvalue weighted by molar-refractivity contribution is 5.99. The maximum Gasteiger partial charge on any atom is 0.246 e. The van der Waals surface area contributed by atoms with Crippen LogP contribution in [0.3, 0.4) is 0 Å². The minimum absolute atomic E-state index is 0.0367. The summed E-state index contributed by atoms with van der Waals surface area (Å²) in [7, 11) is 10.1. The molecule has 0 aromatic carbocycles. The molecule has 0 saturated carbocycles. The molecule has 87 heavy (non-hydrogen) atoms. The van der Waals surface area contributed by atoms with Crippen molar-refractivity contribution >= 4 is 65.0 Å². The van der Waals surface area contributed by atoms with Gasteiger partial charge in [-0.05, 0) is 100 Å². The lowest BCUT2D eigenvalue weighted by atomic mass is 9.91. The van der Waals surface area contributed by atoms with Crippen molar-refractivity contribution in [3.63, 3.8) is 0 Å². The number of carbonyl (C=O) groups is 11. The maximum atomic E-state index is 15.1. The minimum atomic E-state index is -1.60. The number of aliphatic hydroxyl groups is 1. The molecule has 0 saturated heterocycles. The van der Waals surface area contributed by atoms with E-state index >= 15 is 9.59 Å². The molecular formula is C64H117N11O12. The van der Waals surface area contributed by atoms with Crippen LogP contribution in [0.4, 0.5) is 0 Å². The van der Waals surface area contributed by atoms with Crippen LogP contribution in [0.15, 0.2) is 12.2 Å². The average molecular weight is 1230 g/mol. The van der Waals surface area contributed by atoms with E-state index in [9.17, 15) is 48.3 Å². The largest absolute Gasteiger partial charge is 0.390 e. The Kier molecular flexibility index (Phi) is 35.0. The van der Waals surface area contributed by atoms with Crippen LogP contribution in [0.25, 0.3) is 0 Å². The molecule has 0 heterocycles. The topological polar surface area (TPSA) is 293 Å². The van der Waals surface area contributed by atoms with Gasteiger partial charge in [-0.1, -0.05) is 123 Å². The highest BCUT2D eigenvalue weighted by Crippen LogP contribution is 2.26. The molecule has 6 N–H and O–H groups in total. The highest BCUT2D eigenvalue weighted by atomic mass is 16.3. The zero-order valence-corrected chi connectivity index (χ0v) is 57.8. The third kappa shape index (κ3) is 24.1. The van der Waals surface area contributed by atoms with Gasteiger partial charge in [0, 0.05) is 55.3 Å². The van der Waals surface area contributed by atoms with Gasteiger partial charge < -0.3 is 61.1 Å². The van der Waals surface area contributed by atoms with Crippen molar-refractivity contribution in [2.75, 3.05) is 55.9 Å². The van der Waals surface area contributed by atoms with Crippen LogP contribution >= 0.6 is 0 Å². The lowest BCUT2D eigenvalue weighted by Crippen LogP contribution is -2.63. The molecule has 0 aliphatic heterocycles. The zero-order valence-electron chi connectivity index (χ0n) is 57.8. The predicted octanol–water partition coefficient (Wildman–Crippen LogP) is 4.28. The second-order valence-electron chi connectivity index (χ2n) is 26.5. The van der Waals surface area contributed by atoms with Crippen molar-refractivity contribution < 1.29 is 57.8 Å². The molecule has 500 valence electrons. The van der Waals surface area contributed by atoms with Crippen LogP contribution in [-0.4, -0.2) is 221 Å². The number of hydrogen-bond acceptors (Lipinski definition) is 12. The van der Waals surface area contributed by atoms with Gasteiger partial charge in [-0.25, -0.2) is 0 Å². The SMILES string of the molecule is C/C=C/C[C@@H](C)[C@H](O)C(C(=O)N[C@H](CC)C(=O)N(C)CC(=O)N(C)[C@@H](CC(C)C)C(N)=O)N(C)C(=O)[C@H](C(C)C)N(C)C(=O)[C@@H](CC(C)C)N(C)C(=O)[C@H](CC(C)C)N(C)C(=O)[C@H](C)NC(=O)C(CC)NC(=O)[C@H](CC(C)C)N(C)C(=O)[C@H](C)C(C)C. The third-order valence-corrected chi connectivity index (χ3v) is 16.6. The fraction of sp³-hybridized carbons (Fsp3) is 0.797. The van der Waals surface area contributed by atoms with Crippen LogP contribution in [0.1, 0.15) is 170 Å². The number of primary amides is 1. The lowest BCUT2D eigenvalue weighted by molar-refractivity contribution is -0.157. The quantitative estimate of drug-likeness (QED) is 0.0545. The van der Waals surface area contributed by atoms with E-state index in [0.717, 1.165) is 9.80 Å². The summed E-state index contributed by atoms with van der Waals surface area (Å²) in [6.45, 7) is 32.2. The van der Waals surface area contributed by atoms with Crippen molar-refractivity contribution in [2.24, 2.45) is 53.1 Å². The van der Waals surface area contributed by atoms with Gasteiger partial charge in [0.25, 0.3) is 0 Å². The number of nitrogens with two attached hydrogens (primary N) is 1. The number of aliphatic hydroxyl groups excluding tert-OH is 1. The molecule has 12 atom stereocenters. The van der Waals surface area contributed by atoms with Gasteiger partial charge in [0.05, 0.1) is 12.6 Å². The first-order valence-corrected chi connectivity index (χ1v) is 31.4. The Balaban J connectivity index is 7.12. The Morgan fingerprint density at radius 2 is 0.862 bits per heavy atom. The maximum absolute atomic E-state index is 15.1. The molecule has 11 amide bonds. The molecule has 23 nitrogen and oxygen atoms in total. The number of carbonyl (C=O) groups excluding carboxylic acids is 11. The first-order chi connectivity index (χ1) is 40.1. The number of nitrogens with one attached hydrogen (secondary N) is 3. The van der Waals surface area contributed by atoms with Gasteiger partial charge in [-0.3, -0.25) is 52.7 Å². The summed E-state index contributed by atoms with van der Waals surface area (Å²) in [5.74, 6) is -8.34. The molecule has 0 radical (unpaired) electrons. The summed E-state index contributed by atoms with van der Waals surface area (Å²) in [4.78, 5) is 164. The van der Waals surface area contributed by atoms with Crippen molar-refractivity contribution in [1.82, 2.24) is 50.2 Å². The Hall–Kier alpha value is -6.13. The number of rotatable bonds is 37. The molecule has 0 aromatic rings. The normalized spacial score (nSPS) is 16.0. The van der Waals surface area contributed by atoms with Crippen molar-refractivity contribution in [3.05, 3.63) is 12.2 Å². The van der Waals surface area contributed by atoms with Crippen molar-refractivity contribution in [3.8, 4) is 0 Å². The summed E-state index contributed by atoms with van der Waals surface area (Å²) >= 11 is 0. The van der Waals surface area contributed by atoms with Gasteiger partial charge >= 0.3 is 0 Å². The molecule has 0 aliphatic rings. The molecule has 23 heteroatoms. The second-order valence-corrected chi connectivity index (χ2v) is 26.5. The number of amides is 11. The second kappa shape index (κ2) is 37.7. The van der Waals surface area contributed by atoms with Crippen LogP contribution in [0.5, 0.6) is 0 Å². The monoisotopic (exact) mass is 1230 g/mol. The summed E-state index contributed by atoms with van der Waals surface area (Å²) in [5.41, 5.74) is 5.63. The number of allylic oxidation sites excluding steroid dienone is 2. The Labute approximate surface area is 522 Å². The van der Waals surface area contributed by atoms with E-state index in [1.165, 1.54) is 73.7 Å². The van der Waals surface area contributed by atoms with Gasteiger partial charge in [0.15, 0.2) is 0 Å². The smallest absolute Gasteiger partial charge is 0.246 e. The highest BCUT2D eigenvalue weighted by Gasteiger charge is 2.45. The van der Waals surface area contributed by atoms with Gasteiger partial charge in [0.2, 0.25) is 65.0 Å².